The summed E-state index contributed by atoms with van der Waals surface area (Å²) in [6.07, 6.45) is 5.00. The highest BCUT2D eigenvalue weighted by Gasteiger charge is 2.40. The smallest absolute Gasteiger partial charge is 0.340 e. The topological polar surface area (TPSA) is 45.3 Å². The Morgan fingerprint density at radius 1 is 1.21 bits per heavy atom. The number of aromatic amines is 1. The molecule has 7 heteroatoms. The summed E-state index contributed by atoms with van der Waals surface area (Å²) in [7, 11) is 0. The minimum absolute atomic E-state index is 0. The van der Waals surface area contributed by atoms with Gasteiger partial charge >= 0.3 is 5.97 Å². The standard InChI is InChI=1S/C17H18Cl2N2O2.ClH/c18-11-7-13(19)15-12(9-20-14(15)8-11)16(22)23-10-17-1-4-21(5-2-17)6-3-17;/h7-9,20H,1-6,10H2;1H. The lowest BCUT2D eigenvalue weighted by molar-refractivity contribution is -0.0304. The van der Waals surface area contributed by atoms with E-state index in [0.717, 1.165) is 44.4 Å². The summed E-state index contributed by atoms with van der Waals surface area (Å²) in [4.78, 5) is 18.0. The van der Waals surface area contributed by atoms with Crippen LogP contribution in [0.2, 0.25) is 10.0 Å². The molecule has 0 radical (unpaired) electrons. The van der Waals surface area contributed by atoms with Gasteiger partial charge in [0.2, 0.25) is 0 Å². The molecule has 130 valence electrons. The van der Waals surface area contributed by atoms with Crippen LogP contribution in [0.1, 0.15) is 29.6 Å². The van der Waals surface area contributed by atoms with Crippen LogP contribution >= 0.6 is 35.6 Å². The molecule has 2 bridgehead atoms. The van der Waals surface area contributed by atoms with E-state index in [4.69, 9.17) is 27.9 Å². The molecule has 4 heterocycles. The van der Waals surface area contributed by atoms with E-state index in [1.807, 2.05) is 0 Å². The zero-order valence-electron chi connectivity index (χ0n) is 13.1. The van der Waals surface area contributed by atoms with Crippen molar-refractivity contribution in [2.24, 2.45) is 5.41 Å². The maximum absolute atomic E-state index is 12.5. The number of halogens is 3. The predicted molar refractivity (Wildman–Crippen MR) is 98.6 cm³/mol. The highest BCUT2D eigenvalue weighted by Crippen LogP contribution is 2.40. The van der Waals surface area contributed by atoms with Crippen LogP contribution in [0.15, 0.2) is 18.3 Å². The maximum Gasteiger partial charge on any atom is 0.340 e. The fourth-order valence-corrected chi connectivity index (χ4v) is 4.35. The van der Waals surface area contributed by atoms with Crippen LogP contribution in [-0.2, 0) is 4.74 Å². The SMILES string of the molecule is Cl.O=C(OCC12CCN(CC1)CC2)c1c[nH]c2cc(Cl)cc(Cl)c12. The van der Waals surface area contributed by atoms with Crippen molar-refractivity contribution in [3.8, 4) is 0 Å². The van der Waals surface area contributed by atoms with E-state index >= 15 is 0 Å². The predicted octanol–water partition coefficient (Wildman–Crippen LogP) is 4.54. The normalized spacial score (nSPS) is 25.5. The number of nitrogens with zero attached hydrogens (tertiary/aromatic N) is 1. The Labute approximate surface area is 156 Å². The highest BCUT2D eigenvalue weighted by molar-refractivity contribution is 6.39. The van der Waals surface area contributed by atoms with Gasteiger partial charge in [-0.3, -0.25) is 0 Å². The molecule has 24 heavy (non-hydrogen) atoms. The average Bonchev–Trinajstić information content (AvgIpc) is 2.98. The van der Waals surface area contributed by atoms with E-state index < -0.39 is 0 Å². The van der Waals surface area contributed by atoms with Crippen LogP contribution < -0.4 is 0 Å². The number of piperidine rings is 3. The molecule has 1 N–H and O–H groups in total. The largest absolute Gasteiger partial charge is 0.461 e. The fraction of sp³-hybridized carbons (Fsp3) is 0.471. The number of benzene rings is 1. The number of rotatable bonds is 3. The molecule has 3 saturated heterocycles. The monoisotopic (exact) mass is 388 g/mol. The molecule has 2 aromatic rings. The molecule has 3 fully saturated rings. The second-order valence-electron chi connectivity index (χ2n) is 6.68. The van der Waals surface area contributed by atoms with Gasteiger partial charge in [0.25, 0.3) is 0 Å². The molecule has 0 aliphatic carbocycles. The number of ether oxygens (including phenoxy) is 1. The Morgan fingerprint density at radius 3 is 2.54 bits per heavy atom. The first-order valence-corrected chi connectivity index (χ1v) is 8.68. The first-order valence-electron chi connectivity index (χ1n) is 7.92. The van der Waals surface area contributed by atoms with Gasteiger partial charge in [-0.1, -0.05) is 23.2 Å². The number of carbonyl (C=O) groups is 1. The lowest BCUT2D eigenvalue weighted by atomic mass is 9.73. The molecule has 4 nitrogen and oxygen atoms in total. The van der Waals surface area contributed by atoms with E-state index in [2.05, 4.69) is 9.88 Å². The van der Waals surface area contributed by atoms with Gasteiger partial charge in [-0.25, -0.2) is 4.79 Å². The molecule has 1 aromatic heterocycles. The quantitative estimate of drug-likeness (QED) is 0.784. The molecule has 0 unspecified atom stereocenters. The summed E-state index contributed by atoms with van der Waals surface area (Å²) in [5.41, 5.74) is 1.40. The summed E-state index contributed by atoms with van der Waals surface area (Å²) >= 11 is 12.2. The Morgan fingerprint density at radius 2 is 1.88 bits per heavy atom. The van der Waals surface area contributed by atoms with Gasteiger partial charge < -0.3 is 14.6 Å². The molecular weight excluding hydrogens is 371 g/mol. The van der Waals surface area contributed by atoms with Gasteiger partial charge in [-0.15, -0.1) is 12.4 Å². The average molecular weight is 390 g/mol. The van der Waals surface area contributed by atoms with Gasteiger partial charge in [0.1, 0.15) is 0 Å². The number of hydrogen-bond donors (Lipinski definition) is 1. The maximum atomic E-state index is 12.5. The van der Waals surface area contributed by atoms with Crippen LogP contribution in [-0.4, -0.2) is 42.1 Å². The summed E-state index contributed by atoms with van der Waals surface area (Å²) in [5.74, 6) is -0.317. The Hall–Kier alpha value is -0.940. The van der Waals surface area contributed by atoms with Gasteiger partial charge in [-0.05, 0) is 51.0 Å². The Bertz CT molecular complexity index is 753. The van der Waals surface area contributed by atoms with E-state index in [1.54, 1.807) is 18.3 Å². The third-order valence-corrected chi connectivity index (χ3v) is 5.82. The minimum atomic E-state index is -0.317. The lowest BCUT2D eigenvalue weighted by Gasteiger charge is -2.47. The molecule has 3 aliphatic rings. The van der Waals surface area contributed by atoms with Crippen LogP contribution in [0.3, 0.4) is 0 Å². The number of aromatic nitrogens is 1. The van der Waals surface area contributed by atoms with Gasteiger partial charge in [0.15, 0.2) is 0 Å². The number of esters is 1. The molecule has 0 saturated carbocycles. The van der Waals surface area contributed by atoms with Crippen LogP contribution in [0, 0.1) is 5.41 Å². The first kappa shape index (κ1) is 17.9. The summed E-state index contributed by atoms with van der Waals surface area (Å²) < 4.78 is 5.67. The molecule has 0 spiro atoms. The molecule has 0 atom stereocenters. The van der Waals surface area contributed by atoms with Crippen molar-refractivity contribution in [2.45, 2.75) is 19.3 Å². The van der Waals surface area contributed by atoms with Crippen molar-refractivity contribution >= 4 is 52.5 Å². The lowest BCUT2D eigenvalue weighted by Crippen LogP contribution is -2.50. The number of nitrogens with one attached hydrogen (secondary N) is 1. The number of hydrogen-bond acceptors (Lipinski definition) is 3. The van der Waals surface area contributed by atoms with E-state index in [-0.39, 0.29) is 23.8 Å². The van der Waals surface area contributed by atoms with Crippen molar-refractivity contribution in [1.29, 1.82) is 0 Å². The number of carbonyl (C=O) groups excluding carboxylic acids is 1. The number of H-pyrrole nitrogens is 1. The highest BCUT2D eigenvalue weighted by atomic mass is 35.5. The zero-order chi connectivity index (χ0) is 16.0. The van der Waals surface area contributed by atoms with E-state index in [9.17, 15) is 4.79 Å². The minimum Gasteiger partial charge on any atom is -0.461 e. The fourth-order valence-electron chi connectivity index (χ4n) is 3.75. The van der Waals surface area contributed by atoms with Crippen molar-refractivity contribution in [3.05, 3.63) is 33.9 Å². The zero-order valence-corrected chi connectivity index (χ0v) is 15.4. The molecular formula is C17H19Cl3N2O2. The van der Waals surface area contributed by atoms with Crippen molar-refractivity contribution in [3.63, 3.8) is 0 Å². The van der Waals surface area contributed by atoms with Crippen LogP contribution in [0.4, 0.5) is 0 Å². The molecule has 0 amide bonds. The summed E-state index contributed by atoms with van der Waals surface area (Å²) in [6.45, 7) is 3.86. The van der Waals surface area contributed by atoms with Crippen molar-refractivity contribution < 1.29 is 9.53 Å². The van der Waals surface area contributed by atoms with Gasteiger partial charge in [0, 0.05) is 27.5 Å². The summed E-state index contributed by atoms with van der Waals surface area (Å²) in [6, 6.07) is 3.40. The van der Waals surface area contributed by atoms with Crippen LogP contribution in [0.25, 0.3) is 10.9 Å². The third-order valence-electron chi connectivity index (χ3n) is 5.30. The van der Waals surface area contributed by atoms with Gasteiger partial charge in [0.05, 0.1) is 17.2 Å². The van der Waals surface area contributed by atoms with Crippen molar-refractivity contribution in [2.75, 3.05) is 26.2 Å². The second kappa shape index (κ2) is 6.75. The van der Waals surface area contributed by atoms with E-state index in [1.165, 1.54) is 0 Å². The second-order valence-corrected chi connectivity index (χ2v) is 7.52. The molecule has 5 rings (SSSR count). The van der Waals surface area contributed by atoms with Crippen molar-refractivity contribution in [1.82, 2.24) is 9.88 Å². The number of fused-ring (bicyclic) bond motifs is 4. The molecule has 1 aromatic carbocycles. The van der Waals surface area contributed by atoms with Crippen LogP contribution in [0.5, 0.6) is 0 Å². The van der Waals surface area contributed by atoms with Gasteiger partial charge in [-0.2, -0.15) is 0 Å². The molecule has 3 aliphatic heterocycles. The summed E-state index contributed by atoms with van der Waals surface area (Å²) in [5, 5.41) is 1.68. The Balaban J connectivity index is 0.00000169. The third kappa shape index (κ3) is 3.13. The Kier molecular flexibility index (Phi) is 5.03. The van der Waals surface area contributed by atoms with E-state index in [0.29, 0.717) is 27.6 Å². The first-order chi connectivity index (χ1) is 11.1.